The Morgan fingerprint density at radius 1 is 1.38 bits per heavy atom. The number of rotatable bonds is 2. The summed E-state index contributed by atoms with van der Waals surface area (Å²) in [4.78, 5) is 0. The van der Waals surface area contributed by atoms with Crippen molar-refractivity contribution in [2.45, 2.75) is 44.5 Å². The Morgan fingerprint density at radius 3 is 2.38 bits per heavy atom. The van der Waals surface area contributed by atoms with Gasteiger partial charge in [-0.15, -0.1) is 0 Å². The summed E-state index contributed by atoms with van der Waals surface area (Å²) in [6, 6.07) is 0. The van der Waals surface area contributed by atoms with Gasteiger partial charge in [0, 0.05) is 6.61 Å². The first kappa shape index (κ1) is 11.0. The minimum Gasteiger partial charge on any atom is -0.377 e. The van der Waals surface area contributed by atoms with E-state index in [0.29, 0.717) is 6.61 Å². The second-order valence-corrected chi connectivity index (χ2v) is 7.32. The molecule has 78 valence electrons. The molecule has 0 amide bonds. The molecule has 0 bridgehead atoms. The Hall–Kier alpha value is -0.0900. The van der Waals surface area contributed by atoms with Crippen molar-refractivity contribution < 1.29 is 13.2 Å². The van der Waals surface area contributed by atoms with Gasteiger partial charge >= 0.3 is 0 Å². The van der Waals surface area contributed by atoms with Gasteiger partial charge in [-0.1, -0.05) is 0 Å². The molecular weight excluding hydrogens is 188 g/mol. The topological polar surface area (TPSA) is 43.4 Å². The highest BCUT2D eigenvalue weighted by Crippen LogP contribution is 2.21. The van der Waals surface area contributed by atoms with Gasteiger partial charge in [0.1, 0.15) is 0 Å². The summed E-state index contributed by atoms with van der Waals surface area (Å²) in [5, 5.41) is 0. The van der Waals surface area contributed by atoms with E-state index < -0.39 is 14.6 Å². The quantitative estimate of drug-likeness (QED) is 0.685. The Bertz CT molecular complexity index is 255. The molecule has 0 aliphatic carbocycles. The molecule has 1 atom stereocenters. The van der Waals surface area contributed by atoms with Crippen molar-refractivity contribution in [3.8, 4) is 0 Å². The van der Waals surface area contributed by atoms with Crippen molar-refractivity contribution in [1.29, 1.82) is 0 Å². The lowest BCUT2D eigenvalue weighted by Crippen LogP contribution is -2.34. The third kappa shape index (κ3) is 2.68. The van der Waals surface area contributed by atoms with E-state index in [-0.39, 0.29) is 11.9 Å². The van der Waals surface area contributed by atoms with Crippen LogP contribution in [0.15, 0.2) is 0 Å². The van der Waals surface area contributed by atoms with Gasteiger partial charge < -0.3 is 4.74 Å². The normalized spacial score (nSPS) is 25.0. The second kappa shape index (κ2) is 3.58. The Morgan fingerprint density at radius 2 is 2.00 bits per heavy atom. The minimum atomic E-state index is -3.01. The van der Waals surface area contributed by atoms with E-state index in [1.807, 2.05) is 0 Å². The molecule has 1 heterocycles. The molecule has 0 aromatic heterocycles. The van der Waals surface area contributed by atoms with E-state index in [0.717, 1.165) is 12.8 Å². The van der Waals surface area contributed by atoms with Crippen LogP contribution in [0.25, 0.3) is 0 Å². The first-order valence-corrected chi connectivity index (χ1v) is 6.32. The van der Waals surface area contributed by atoms with Gasteiger partial charge in [-0.2, -0.15) is 0 Å². The predicted molar refractivity (Wildman–Crippen MR) is 52.5 cm³/mol. The molecule has 0 unspecified atom stereocenters. The summed E-state index contributed by atoms with van der Waals surface area (Å²) in [5.41, 5.74) is 0. The van der Waals surface area contributed by atoms with Gasteiger partial charge in [0.05, 0.1) is 16.6 Å². The fourth-order valence-electron chi connectivity index (χ4n) is 1.27. The first-order chi connectivity index (χ1) is 5.83. The summed E-state index contributed by atoms with van der Waals surface area (Å²) in [6.45, 7) is 5.91. The maximum atomic E-state index is 11.7. The van der Waals surface area contributed by atoms with Crippen molar-refractivity contribution in [2.24, 2.45) is 0 Å². The van der Waals surface area contributed by atoms with Crippen molar-refractivity contribution in [2.75, 3.05) is 12.4 Å². The number of sulfone groups is 1. The molecular formula is C9H18O3S. The zero-order valence-corrected chi connectivity index (χ0v) is 9.36. The van der Waals surface area contributed by atoms with Gasteiger partial charge in [0.25, 0.3) is 0 Å². The summed E-state index contributed by atoms with van der Waals surface area (Å²) >= 11 is 0. The molecule has 0 spiro atoms. The Balaban J connectivity index is 2.62. The molecule has 4 heteroatoms. The third-order valence-corrected chi connectivity index (χ3v) is 5.04. The maximum Gasteiger partial charge on any atom is 0.157 e. The average molecular weight is 206 g/mol. The number of ether oxygens (including phenoxy) is 1. The molecule has 13 heavy (non-hydrogen) atoms. The molecule has 3 nitrogen and oxygen atoms in total. The van der Waals surface area contributed by atoms with Crippen LogP contribution < -0.4 is 0 Å². The van der Waals surface area contributed by atoms with Crippen molar-refractivity contribution in [3.63, 3.8) is 0 Å². The minimum absolute atomic E-state index is 0.0655. The van der Waals surface area contributed by atoms with Crippen LogP contribution in [0.5, 0.6) is 0 Å². The molecule has 0 N–H and O–H groups in total. The van der Waals surface area contributed by atoms with E-state index in [1.54, 1.807) is 20.8 Å². The molecule has 0 saturated carbocycles. The van der Waals surface area contributed by atoms with Gasteiger partial charge in [0.15, 0.2) is 9.84 Å². The standard InChI is InChI=1S/C9H18O3S/c1-9(2,3)13(10,11)7-8-5-4-6-12-8/h8H,4-7H2,1-3H3/t8-/m0/s1. The predicted octanol–water partition coefficient (Wildman–Crippen LogP) is 1.38. The molecule has 1 rings (SSSR count). The lowest BCUT2D eigenvalue weighted by Gasteiger charge is -2.21. The Kier molecular flexibility index (Phi) is 3.02. The maximum absolute atomic E-state index is 11.7. The van der Waals surface area contributed by atoms with Gasteiger partial charge in [-0.05, 0) is 33.6 Å². The molecule has 0 radical (unpaired) electrons. The SMILES string of the molecule is CC(C)(C)S(=O)(=O)C[C@@H]1CCCO1. The second-order valence-electron chi connectivity index (χ2n) is 4.53. The molecule has 1 aliphatic heterocycles. The fraction of sp³-hybridized carbons (Fsp3) is 1.00. The summed E-state index contributed by atoms with van der Waals surface area (Å²) in [6.07, 6.45) is 1.81. The summed E-state index contributed by atoms with van der Waals surface area (Å²) < 4.78 is 28.1. The van der Waals surface area contributed by atoms with Crippen LogP contribution in [-0.4, -0.2) is 31.6 Å². The zero-order chi connectivity index (χ0) is 10.1. The van der Waals surface area contributed by atoms with Crippen LogP contribution >= 0.6 is 0 Å². The van der Waals surface area contributed by atoms with Gasteiger partial charge in [0.2, 0.25) is 0 Å². The highest BCUT2D eigenvalue weighted by Gasteiger charge is 2.32. The highest BCUT2D eigenvalue weighted by molar-refractivity contribution is 7.92. The number of hydrogen-bond donors (Lipinski definition) is 0. The van der Waals surface area contributed by atoms with Crippen LogP contribution in [-0.2, 0) is 14.6 Å². The number of hydrogen-bond acceptors (Lipinski definition) is 3. The monoisotopic (exact) mass is 206 g/mol. The van der Waals surface area contributed by atoms with E-state index in [1.165, 1.54) is 0 Å². The lowest BCUT2D eigenvalue weighted by atomic mass is 10.2. The molecule has 0 aromatic rings. The van der Waals surface area contributed by atoms with Crippen LogP contribution in [0.1, 0.15) is 33.6 Å². The molecule has 0 aromatic carbocycles. The smallest absolute Gasteiger partial charge is 0.157 e. The Labute approximate surface area is 80.4 Å². The summed E-state index contributed by atoms with van der Waals surface area (Å²) in [5.74, 6) is 0.177. The van der Waals surface area contributed by atoms with Crippen LogP contribution in [0.3, 0.4) is 0 Å². The van der Waals surface area contributed by atoms with E-state index in [2.05, 4.69) is 0 Å². The lowest BCUT2D eigenvalue weighted by molar-refractivity contribution is 0.127. The van der Waals surface area contributed by atoms with Gasteiger partial charge in [-0.25, -0.2) is 8.42 Å². The largest absolute Gasteiger partial charge is 0.377 e. The average Bonchev–Trinajstić information content (AvgIpc) is 2.35. The molecule has 1 fully saturated rings. The van der Waals surface area contributed by atoms with Crippen LogP contribution in [0.4, 0.5) is 0 Å². The first-order valence-electron chi connectivity index (χ1n) is 4.67. The zero-order valence-electron chi connectivity index (χ0n) is 8.54. The van der Waals surface area contributed by atoms with E-state index in [4.69, 9.17) is 4.74 Å². The van der Waals surface area contributed by atoms with Crippen molar-refractivity contribution >= 4 is 9.84 Å². The fourth-order valence-corrected chi connectivity index (χ4v) is 2.52. The highest BCUT2D eigenvalue weighted by atomic mass is 32.2. The van der Waals surface area contributed by atoms with E-state index in [9.17, 15) is 8.42 Å². The van der Waals surface area contributed by atoms with Crippen molar-refractivity contribution in [1.82, 2.24) is 0 Å². The molecule has 1 saturated heterocycles. The molecule has 1 aliphatic rings. The van der Waals surface area contributed by atoms with Crippen LogP contribution in [0, 0.1) is 0 Å². The summed E-state index contributed by atoms with van der Waals surface area (Å²) in [7, 11) is -3.01. The van der Waals surface area contributed by atoms with Gasteiger partial charge in [-0.3, -0.25) is 0 Å². The van der Waals surface area contributed by atoms with Crippen LogP contribution in [0.2, 0.25) is 0 Å². The third-order valence-electron chi connectivity index (χ3n) is 2.36. The van der Waals surface area contributed by atoms with E-state index >= 15 is 0 Å². The van der Waals surface area contributed by atoms with Crippen molar-refractivity contribution in [3.05, 3.63) is 0 Å².